The SMILES string of the molecule is COCc1nn(-c2ccc(C)cc2)cc1C=O. The molecule has 0 aliphatic carbocycles. The molecule has 2 rings (SSSR count). The van der Waals surface area contributed by atoms with Gasteiger partial charge in [0.2, 0.25) is 0 Å². The third kappa shape index (κ3) is 2.42. The smallest absolute Gasteiger partial charge is 0.153 e. The summed E-state index contributed by atoms with van der Waals surface area (Å²) in [4.78, 5) is 10.9. The number of hydrogen-bond acceptors (Lipinski definition) is 3. The van der Waals surface area contributed by atoms with E-state index in [0.29, 0.717) is 17.9 Å². The number of aryl methyl sites for hydroxylation is 1. The minimum absolute atomic E-state index is 0.340. The van der Waals surface area contributed by atoms with Crippen molar-refractivity contribution in [3.63, 3.8) is 0 Å². The first kappa shape index (κ1) is 11.5. The summed E-state index contributed by atoms with van der Waals surface area (Å²) in [6.07, 6.45) is 2.51. The van der Waals surface area contributed by atoms with Gasteiger partial charge in [-0.2, -0.15) is 5.10 Å². The van der Waals surface area contributed by atoms with Gasteiger partial charge in [-0.3, -0.25) is 4.79 Å². The molecule has 0 saturated heterocycles. The monoisotopic (exact) mass is 230 g/mol. The number of carbonyl (C=O) groups is 1. The summed E-state index contributed by atoms with van der Waals surface area (Å²) in [5.74, 6) is 0. The summed E-state index contributed by atoms with van der Waals surface area (Å²) in [7, 11) is 1.58. The van der Waals surface area contributed by atoms with Crippen molar-refractivity contribution in [2.45, 2.75) is 13.5 Å². The molecule has 17 heavy (non-hydrogen) atoms. The van der Waals surface area contributed by atoms with Gasteiger partial charge in [0.15, 0.2) is 6.29 Å². The molecule has 0 fully saturated rings. The zero-order valence-electron chi connectivity index (χ0n) is 9.88. The van der Waals surface area contributed by atoms with Crippen molar-refractivity contribution in [3.8, 4) is 5.69 Å². The Kier molecular flexibility index (Phi) is 3.35. The maximum Gasteiger partial charge on any atom is 0.153 e. The molecular formula is C13H14N2O2. The van der Waals surface area contributed by atoms with Crippen LogP contribution in [0.5, 0.6) is 0 Å². The Hall–Kier alpha value is -1.94. The van der Waals surface area contributed by atoms with Crippen molar-refractivity contribution >= 4 is 6.29 Å². The first-order valence-corrected chi connectivity index (χ1v) is 5.34. The summed E-state index contributed by atoms with van der Waals surface area (Å²) in [5.41, 5.74) is 3.34. The van der Waals surface area contributed by atoms with Crippen molar-refractivity contribution in [1.29, 1.82) is 0 Å². The second-order valence-electron chi connectivity index (χ2n) is 3.86. The summed E-state index contributed by atoms with van der Waals surface area (Å²) in [6.45, 7) is 2.37. The number of aromatic nitrogens is 2. The molecule has 0 radical (unpaired) electrons. The van der Waals surface area contributed by atoms with Gasteiger partial charge in [-0.15, -0.1) is 0 Å². The minimum Gasteiger partial charge on any atom is -0.378 e. The predicted octanol–water partition coefficient (Wildman–Crippen LogP) is 2.14. The molecule has 0 aliphatic rings. The molecule has 4 nitrogen and oxygen atoms in total. The molecule has 0 unspecified atom stereocenters. The van der Waals surface area contributed by atoms with Crippen molar-refractivity contribution in [3.05, 3.63) is 47.3 Å². The topological polar surface area (TPSA) is 44.1 Å². The lowest BCUT2D eigenvalue weighted by Gasteiger charge is -2.01. The number of rotatable bonds is 4. The Bertz CT molecular complexity index is 515. The first-order chi connectivity index (χ1) is 8.24. The molecule has 1 aromatic carbocycles. The lowest BCUT2D eigenvalue weighted by molar-refractivity contribution is 0.111. The Balaban J connectivity index is 2.38. The highest BCUT2D eigenvalue weighted by atomic mass is 16.5. The largest absolute Gasteiger partial charge is 0.378 e. The number of carbonyl (C=O) groups excluding carboxylic acids is 1. The number of methoxy groups -OCH3 is 1. The Morgan fingerprint density at radius 1 is 1.35 bits per heavy atom. The summed E-state index contributed by atoms with van der Waals surface area (Å²) in [5, 5.41) is 4.33. The average Bonchev–Trinajstić information content (AvgIpc) is 2.74. The van der Waals surface area contributed by atoms with E-state index in [2.05, 4.69) is 5.10 Å². The van der Waals surface area contributed by atoms with Crippen molar-refractivity contribution in [2.24, 2.45) is 0 Å². The summed E-state index contributed by atoms with van der Waals surface area (Å²) < 4.78 is 6.70. The lowest BCUT2D eigenvalue weighted by Crippen LogP contribution is -1.97. The van der Waals surface area contributed by atoms with Crippen molar-refractivity contribution in [2.75, 3.05) is 7.11 Å². The third-order valence-corrected chi connectivity index (χ3v) is 2.53. The van der Waals surface area contributed by atoms with Gasteiger partial charge >= 0.3 is 0 Å². The zero-order valence-corrected chi connectivity index (χ0v) is 9.88. The van der Waals surface area contributed by atoms with Crippen molar-refractivity contribution in [1.82, 2.24) is 9.78 Å². The maximum absolute atomic E-state index is 10.9. The van der Waals surface area contributed by atoms with Gasteiger partial charge in [0.05, 0.1) is 23.6 Å². The highest BCUT2D eigenvalue weighted by Gasteiger charge is 2.08. The van der Waals surface area contributed by atoms with Gasteiger partial charge in [-0.25, -0.2) is 4.68 Å². The van der Waals surface area contributed by atoms with Crippen LogP contribution in [0.25, 0.3) is 5.69 Å². The van der Waals surface area contributed by atoms with Crippen LogP contribution in [0.2, 0.25) is 0 Å². The molecule has 0 amide bonds. The van der Waals surface area contributed by atoms with Crippen LogP contribution in [0, 0.1) is 6.92 Å². The van der Waals surface area contributed by atoms with Crippen molar-refractivity contribution < 1.29 is 9.53 Å². The number of benzene rings is 1. The van der Waals surface area contributed by atoms with E-state index in [1.54, 1.807) is 18.0 Å². The first-order valence-electron chi connectivity index (χ1n) is 5.34. The van der Waals surface area contributed by atoms with E-state index in [4.69, 9.17) is 4.74 Å². The Morgan fingerprint density at radius 3 is 2.65 bits per heavy atom. The fourth-order valence-corrected chi connectivity index (χ4v) is 1.60. The summed E-state index contributed by atoms with van der Waals surface area (Å²) in [6, 6.07) is 7.95. The van der Waals surface area contributed by atoms with Crippen LogP contribution in [-0.2, 0) is 11.3 Å². The summed E-state index contributed by atoms with van der Waals surface area (Å²) >= 11 is 0. The van der Waals surface area contributed by atoms with E-state index in [1.807, 2.05) is 31.2 Å². The fourth-order valence-electron chi connectivity index (χ4n) is 1.60. The standard InChI is InChI=1S/C13H14N2O2/c1-10-3-5-12(6-4-10)15-7-11(8-16)13(14-15)9-17-2/h3-8H,9H2,1-2H3. The van der Waals surface area contributed by atoms with Gasteiger partial charge in [-0.05, 0) is 19.1 Å². The van der Waals surface area contributed by atoms with E-state index in [0.717, 1.165) is 12.0 Å². The number of ether oxygens (including phenoxy) is 1. The molecule has 2 aromatic rings. The molecule has 88 valence electrons. The lowest BCUT2D eigenvalue weighted by atomic mass is 10.2. The maximum atomic E-state index is 10.9. The second kappa shape index (κ2) is 4.93. The van der Waals surface area contributed by atoms with Gasteiger partial charge in [0.25, 0.3) is 0 Å². The van der Waals surface area contributed by atoms with Crippen LogP contribution >= 0.6 is 0 Å². The molecule has 0 atom stereocenters. The normalized spacial score (nSPS) is 10.5. The highest BCUT2D eigenvalue weighted by molar-refractivity contribution is 5.76. The van der Waals surface area contributed by atoms with Gasteiger partial charge in [0, 0.05) is 13.3 Å². The van der Waals surface area contributed by atoms with Gasteiger partial charge in [0.1, 0.15) is 0 Å². The number of aldehydes is 1. The predicted molar refractivity (Wildman–Crippen MR) is 64.4 cm³/mol. The molecule has 1 aromatic heterocycles. The molecular weight excluding hydrogens is 216 g/mol. The average molecular weight is 230 g/mol. The zero-order chi connectivity index (χ0) is 12.3. The molecule has 0 aliphatic heterocycles. The van der Waals surface area contributed by atoms with Crippen LogP contribution in [0.3, 0.4) is 0 Å². The molecule has 0 N–H and O–H groups in total. The second-order valence-corrected chi connectivity index (χ2v) is 3.86. The van der Waals surface area contributed by atoms with E-state index in [9.17, 15) is 4.79 Å². The Labute approximate surface area is 99.8 Å². The van der Waals surface area contributed by atoms with E-state index >= 15 is 0 Å². The number of hydrogen-bond donors (Lipinski definition) is 0. The number of nitrogens with zero attached hydrogens (tertiary/aromatic N) is 2. The molecule has 0 spiro atoms. The highest BCUT2D eigenvalue weighted by Crippen LogP contribution is 2.12. The van der Waals surface area contributed by atoms with Crippen LogP contribution in [0.4, 0.5) is 0 Å². The van der Waals surface area contributed by atoms with E-state index in [-0.39, 0.29) is 0 Å². The molecule has 1 heterocycles. The quantitative estimate of drug-likeness (QED) is 0.756. The fraction of sp³-hybridized carbons (Fsp3) is 0.231. The van der Waals surface area contributed by atoms with Gasteiger partial charge < -0.3 is 4.74 Å². The van der Waals surface area contributed by atoms with Crippen LogP contribution in [0.15, 0.2) is 30.5 Å². The van der Waals surface area contributed by atoms with E-state index in [1.165, 1.54) is 5.56 Å². The van der Waals surface area contributed by atoms with Gasteiger partial charge in [-0.1, -0.05) is 17.7 Å². The molecule has 0 bridgehead atoms. The molecule has 4 heteroatoms. The van der Waals surface area contributed by atoms with Crippen LogP contribution < -0.4 is 0 Å². The third-order valence-electron chi connectivity index (χ3n) is 2.53. The minimum atomic E-state index is 0.340. The van der Waals surface area contributed by atoms with Crippen LogP contribution in [0.1, 0.15) is 21.6 Å². The Morgan fingerprint density at radius 2 is 2.06 bits per heavy atom. The van der Waals surface area contributed by atoms with Crippen LogP contribution in [-0.4, -0.2) is 23.2 Å². The molecule has 0 saturated carbocycles. The van der Waals surface area contributed by atoms with E-state index < -0.39 is 0 Å².